The first kappa shape index (κ1) is 19.9. The Morgan fingerprint density at radius 2 is 0.960 bits per heavy atom. The third kappa shape index (κ3) is 5.80. The second kappa shape index (κ2) is 9.31. The van der Waals surface area contributed by atoms with Gasteiger partial charge in [-0.05, 0) is 0 Å². The summed E-state index contributed by atoms with van der Waals surface area (Å²) in [5.74, 6) is 0.875. The van der Waals surface area contributed by atoms with Gasteiger partial charge in [0.15, 0.2) is 0 Å². The van der Waals surface area contributed by atoms with Crippen molar-refractivity contribution in [3.8, 4) is 11.5 Å². The summed E-state index contributed by atoms with van der Waals surface area (Å²) in [6.45, 7) is 7.90. The molecular weight excluding hydrogens is 375 g/mol. The normalized spacial score (nSPS) is 11.0. The Balaban J connectivity index is 1.66. The summed E-state index contributed by atoms with van der Waals surface area (Å²) in [5.41, 5.74) is 6.64. The third-order valence-electron chi connectivity index (χ3n) is 4.61. The van der Waals surface area contributed by atoms with E-state index in [1.54, 1.807) is 0 Å². The van der Waals surface area contributed by atoms with Gasteiger partial charge in [-0.25, -0.2) is 0 Å². The summed E-state index contributed by atoms with van der Waals surface area (Å²) >= 11 is 0.710. The maximum atomic E-state index is 9.83. The molecule has 0 radical (unpaired) electrons. The monoisotopic (exact) mass is 406 g/mol. The number of aromatic hydroxyl groups is 2. The number of hydrogen-bond donors (Lipinski definition) is 2. The average Bonchev–Trinajstić information content (AvgIpc) is 2.56. The van der Waals surface area contributed by atoms with Crippen molar-refractivity contribution in [1.82, 2.24) is 0 Å². The molecule has 3 heteroatoms. The topological polar surface area (TPSA) is 40.5 Å². The van der Waals surface area contributed by atoms with Crippen LogP contribution in [0.1, 0.15) is 46.2 Å². The quantitative estimate of drug-likeness (QED) is 0.454. The van der Waals surface area contributed by atoms with E-state index in [4.69, 9.17) is 0 Å². The minimum absolute atomic E-state index is 0.438. The van der Waals surface area contributed by atoms with Crippen LogP contribution in [0.5, 0.6) is 11.5 Å². The van der Waals surface area contributed by atoms with Crippen LogP contribution in [-0.2, 0) is 12.8 Å². The molecule has 2 aromatic carbocycles. The van der Waals surface area contributed by atoms with Crippen LogP contribution in [0.4, 0.5) is 0 Å². The van der Waals surface area contributed by atoms with Gasteiger partial charge in [-0.3, -0.25) is 0 Å². The van der Waals surface area contributed by atoms with E-state index in [0.717, 1.165) is 35.1 Å². The zero-order valence-electron chi connectivity index (χ0n) is 15.9. The number of rotatable bonds is 8. The first-order valence-electron chi connectivity index (χ1n) is 9.04. The maximum absolute atomic E-state index is 9.83. The van der Waals surface area contributed by atoms with E-state index in [-0.39, 0.29) is 0 Å². The molecule has 0 aliphatic heterocycles. The van der Waals surface area contributed by atoms with Gasteiger partial charge in [0.1, 0.15) is 0 Å². The van der Waals surface area contributed by atoms with Crippen LogP contribution in [0.3, 0.4) is 0 Å². The van der Waals surface area contributed by atoms with Crippen LogP contribution in [0.15, 0.2) is 24.3 Å². The molecule has 0 heterocycles. The van der Waals surface area contributed by atoms with Crippen LogP contribution in [0, 0.1) is 27.7 Å². The molecule has 2 aromatic rings. The average molecular weight is 405 g/mol. The summed E-state index contributed by atoms with van der Waals surface area (Å²) in [7, 11) is 0. The van der Waals surface area contributed by atoms with Crippen LogP contribution < -0.4 is 0 Å². The summed E-state index contributed by atoms with van der Waals surface area (Å²) < 4.78 is 0. The molecular formula is C22H30O2Se. The Morgan fingerprint density at radius 3 is 1.28 bits per heavy atom. The molecule has 0 fully saturated rings. The second-order valence-electron chi connectivity index (χ2n) is 6.98. The van der Waals surface area contributed by atoms with Crippen LogP contribution in [-0.4, -0.2) is 25.2 Å². The first-order valence-corrected chi connectivity index (χ1v) is 11.5. The summed E-state index contributed by atoms with van der Waals surface area (Å²) in [5, 5.41) is 22.3. The number of benzene rings is 2. The van der Waals surface area contributed by atoms with E-state index in [9.17, 15) is 10.2 Å². The first-order chi connectivity index (χ1) is 11.9. The molecule has 0 saturated heterocycles. The molecule has 2 nitrogen and oxygen atoms in total. The Morgan fingerprint density at radius 1 is 0.640 bits per heavy atom. The zero-order valence-corrected chi connectivity index (χ0v) is 17.6. The predicted octanol–water partition coefficient (Wildman–Crippen LogP) is 5.44. The van der Waals surface area contributed by atoms with Crippen LogP contribution in [0.25, 0.3) is 0 Å². The Hall–Kier alpha value is -1.44. The third-order valence-corrected chi connectivity index (χ3v) is 7.03. The van der Waals surface area contributed by atoms with E-state index in [0.29, 0.717) is 26.5 Å². The van der Waals surface area contributed by atoms with E-state index in [1.807, 2.05) is 27.7 Å². The molecule has 0 aliphatic rings. The standard InChI is InChI=1S/C22H30O2Se/c1-15-11-19(12-16(2)21(15)23)7-5-9-25-10-6-8-20-13-17(3)22(24)18(4)14-20/h11-14,23-24H,5-10H2,1-4H3. The van der Waals surface area contributed by atoms with Gasteiger partial charge in [0.25, 0.3) is 0 Å². The molecule has 0 bridgehead atoms. The molecule has 0 amide bonds. The Kier molecular flexibility index (Phi) is 7.40. The fourth-order valence-corrected chi connectivity index (χ4v) is 5.13. The number of hydrogen-bond acceptors (Lipinski definition) is 2. The molecule has 2 N–H and O–H groups in total. The summed E-state index contributed by atoms with van der Waals surface area (Å²) in [4.78, 5) is 0. The van der Waals surface area contributed by atoms with Gasteiger partial charge in [0.05, 0.1) is 0 Å². The summed E-state index contributed by atoms with van der Waals surface area (Å²) in [6, 6.07) is 8.46. The van der Waals surface area contributed by atoms with Crippen LogP contribution >= 0.6 is 0 Å². The van der Waals surface area contributed by atoms with Gasteiger partial charge in [-0.1, -0.05) is 0 Å². The van der Waals surface area contributed by atoms with Crippen molar-refractivity contribution >= 4 is 15.0 Å². The van der Waals surface area contributed by atoms with Gasteiger partial charge in [-0.2, -0.15) is 0 Å². The van der Waals surface area contributed by atoms with Gasteiger partial charge in [0, 0.05) is 0 Å². The van der Waals surface area contributed by atoms with Gasteiger partial charge in [0.2, 0.25) is 0 Å². The number of aryl methyl sites for hydroxylation is 6. The number of phenolic OH excluding ortho intramolecular Hbond substituents is 2. The van der Waals surface area contributed by atoms with Crippen molar-refractivity contribution < 1.29 is 10.2 Å². The van der Waals surface area contributed by atoms with Crippen molar-refractivity contribution in [2.45, 2.75) is 64.0 Å². The molecule has 2 rings (SSSR count). The molecule has 0 spiro atoms. The fraction of sp³-hybridized carbons (Fsp3) is 0.455. The molecule has 0 unspecified atom stereocenters. The van der Waals surface area contributed by atoms with Gasteiger partial charge < -0.3 is 0 Å². The van der Waals surface area contributed by atoms with Crippen molar-refractivity contribution in [2.24, 2.45) is 0 Å². The molecule has 0 atom stereocenters. The molecule has 0 aromatic heterocycles. The van der Waals surface area contributed by atoms with Gasteiger partial charge >= 0.3 is 158 Å². The van der Waals surface area contributed by atoms with E-state index in [2.05, 4.69) is 24.3 Å². The predicted molar refractivity (Wildman–Crippen MR) is 107 cm³/mol. The molecule has 0 aliphatic carbocycles. The Bertz CT molecular complexity index is 614. The minimum atomic E-state index is 0.438. The SMILES string of the molecule is Cc1cc(CCC[Se]CCCc2cc(C)c(O)c(C)c2)cc(C)c1O. The fourth-order valence-electron chi connectivity index (χ4n) is 3.24. The zero-order chi connectivity index (χ0) is 18.4. The van der Waals surface area contributed by atoms with Crippen molar-refractivity contribution in [2.75, 3.05) is 0 Å². The Labute approximate surface area is 158 Å². The second-order valence-corrected chi connectivity index (χ2v) is 9.55. The van der Waals surface area contributed by atoms with Crippen molar-refractivity contribution in [3.05, 3.63) is 57.6 Å². The molecule has 25 heavy (non-hydrogen) atoms. The number of phenols is 2. The van der Waals surface area contributed by atoms with Gasteiger partial charge in [-0.15, -0.1) is 0 Å². The van der Waals surface area contributed by atoms with Crippen molar-refractivity contribution in [3.63, 3.8) is 0 Å². The van der Waals surface area contributed by atoms with E-state index >= 15 is 0 Å². The van der Waals surface area contributed by atoms with E-state index < -0.39 is 0 Å². The molecule has 136 valence electrons. The van der Waals surface area contributed by atoms with Crippen molar-refractivity contribution in [1.29, 1.82) is 0 Å². The summed E-state index contributed by atoms with van der Waals surface area (Å²) in [6.07, 6.45) is 4.70. The molecule has 0 saturated carbocycles. The van der Waals surface area contributed by atoms with E-state index in [1.165, 1.54) is 34.6 Å². The van der Waals surface area contributed by atoms with Crippen LogP contribution in [0.2, 0.25) is 10.6 Å².